The largest absolute Gasteiger partial charge is 0.348 e. The van der Waals surface area contributed by atoms with Crippen molar-refractivity contribution in [1.82, 2.24) is 15.3 Å². The Hall–Kier alpha value is -2.90. The molecule has 2 fully saturated rings. The third-order valence-corrected chi connectivity index (χ3v) is 5.84. The lowest BCUT2D eigenvalue weighted by Gasteiger charge is -2.36. The van der Waals surface area contributed by atoms with Gasteiger partial charge in [-0.05, 0) is 44.7 Å². The molecule has 2 aliphatic rings. The van der Waals surface area contributed by atoms with Crippen molar-refractivity contribution in [3.05, 3.63) is 53.6 Å². The van der Waals surface area contributed by atoms with Crippen LogP contribution in [0.2, 0.25) is 0 Å². The molecule has 1 aliphatic heterocycles. The van der Waals surface area contributed by atoms with Crippen molar-refractivity contribution in [3.63, 3.8) is 0 Å². The first-order valence-corrected chi connectivity index (χ1v) is 9.74. The van der Waals surface area contributed by atoms with Crippen LogP contribution >= 0.6 is 0 Å². The SMILES string of the molecule is Cc1cncc(C(=O)NC2CCCC3(CCN(c4cc(F)cc(F)c4)C3=O)C2)n1. The van der Waals surface area contributed by atoms with Crippen LogP contribution in [0.5, 0.6) is 0 Å². The van der Waals surface area contributed by atoms with Crippen LogP contribution in [0, 0.1) is 24.0 Å². The van der Waals surface area contributed by atoms with Crippen LogP contribution in [0.25, 0.3) is 0 Å². The lowest BCUT2D eigenvalue weighted by molar-refractivity contribution is -0.127. The van der Waals surface area contributed by atoms with E-state index in [-0.39, 0.29) is 29.2 Å². The van der Waals surface area contributed by atoms with Gasteiger partial charge in [-0.25, -0.2) is 13.8 Å². The summed E-state index contributed by atoms with van der Waals surface area (Å²) in [5.41, 5.74) is 0.531. The first kappa shape index (κ1) is 19.4. The van der Waals surface area contributed by atoms with E-state index in [0.29, 0.717) is 31.5 Å². The molecular weight excluding hydrogens is 378 g/mol. The maximum Gasteiger partial charge on any atom is 0.271 e. The molecule has 1 aliphatic carbocycles. The summed E-state index contributed by atoms with van der Waals surface area (Å²) in [6.07, 6.45) is 6.37. The third kappa shape index (κ3) is 3.83. The number of carbonyl (C=O) groups excluding carboxylic acids is 2. The highest BCUT2D eigenvalue weighted by Crippen LogP contribution is 2.46. The van der Waals surface area contributed by atoms with Gasteiger partial charge in [0, 0.05) is 30.5 Å². The number of hydrogen-bond donors (Lipinski definition) is 1. The first-order valence-electron chi connectivity index (χ1n) is 9.74. The molecule has 6 nitrogen and oxygen atoms in total. The zero-order chi connectivity index (χ0) is 20.6. The molecule has 2 unspecified atom stereocenters. The molecule has 2 heterocycles. The number of halogens is 2. The highest BCUT2D eigenvalue weighted by atomic mass is 19.1. The van der Waals surface area contributed by atoms with Gasteiger partial charge in [0.1, 0.15) is 17.3 Å². The van der Waals surface area contributed by atoms with Crippen LogP contribution in [0.3, 0.4) is 0 Å². The smallest absolute Gasteiger partial charge is 0.271 e. The number of hydrogen-bond acceptors (Lipinski definition) is 4. The summed E-state index contributed by atoms with van der Waals surface area (Å²) in [5, 5.41) is 2.97. The van der Waals surface area contributed by atoms with Gasteiger partial charge >= 0.3 is 0 Å². The van der Waals surface area contributed by atoms with Gasteiger partial charge in [0.2, 0.25) is 5.91 Å². The number of rotatable bonds is 3. The summed E-state index contributed by atoms with van der Waals surface area (Å²) in [4.78, 5) is 35.4. The molecule has 1 spiro atoms. The molecule has 4 rings (SSSR count). The molecule has 2 aromatic rings. The van der Waals surface area contributed by atoms with Crippen LogP contribution in [0.15, 0.2) is 30.6 Å². The van der Waals surface area contributed by atoms with E-state index in [4.69, 9.17) is 0 Å². The van der Waals surface area contributed by atoms with E-state index in [1.165, 1.54) is 23.2 Å². The average molecular weight is 400 g/mol. The zero-order valence-electron chi connectivity index (χ0n) is 16.1. The molecule has 0 radical (unpaired) electrons. The van der Waals surface area contributed by atoms with E-state index >= 15 is 0 Å². The van der Waals surface area contributed by atoms with Gasteiger partial charge in [-0.1, -0.05) is 6.42 Å². The second-order valence-corrected chi connectivity index (χ2v) is 7.93. The Morgan fingerprint density at radius 1 is 1.21 bits per heavy atom. The van der Waals surface area contributed by atoms with Gasteiger partial charge in [-0.15, -0.1) is 0 Å². The van der Waals surface area contributed by atoms with Crippen LogP contribution in [-0.2, 0) is 4.79 Å². The minimum atomic E-state index is -0.707. The molecule has 29 heavy (non-hydrogen) atoms. The van der Waals surface area contributed by atoms with Crippen molar-refractivity contribution in [2.24, 2.45) is 5.41 Å². The van der Waals surface area contributed by atoms with Gasteiger partial charge in [-0.2, -0.15) is 0 Å². The number of amides is 2. The van der Waals surface area contributed by atoms with Crippen LogP contribution in [0.1, 0.15) is 48.3 Å². The Morgan fingerprint density at radius 3 is 2.69 bits per heavy atom. The van der Waals surface area contributed by atoms with Crippen LogP contribution in [0.4, 0.5) is 14.5 Å². The van der Waals surface area contributed by atoms with E-state index in [9.17, 15) is 18.4 Å². The number of aryl methyl sites for hydroxylation is 1. The van der Waals surface area contributed by atoms with Crippen molar-refractivity contribution < 1.29 is 18.4 Å². The molecular formula is C21H22F2N4O2. The summed E-state index contributed by atoms with van der Waals surface area (Å²) in [5.74, 6) is -1.85. The number of anilines is 1. The number of carbonyl (C=O) groups is 2. The predicted molar refractivity (Wildman–Crippen MR) is 102 cm³/mol. The van der Waals surface area contributed by atoms with Gasteiger partial charge in [-0.3, -0.25) is 14.6 Å². The molecule has 1 N–H and O–H groups in total. The highest BCUT2D eigenvalue weighted by molar-refractivity contribution is 6.00. The van der Waals surface area contributed by atoms with E-state index in [1.54, 1.807) is 13.1 Å². The van der Waals surface area contributed by atoms with Gasteiger partial charge in [0.15, 0.2) is 0 Å². The lowest BCUT2D eigenvalue weighted by atomic mass is 9.71. The second kappa shape index (κ2) is 7.50. The quantitative estimate of drug-likeness (QED) is 0.859. The van der Waals surface area contributed by atoms with E-state index in [1.807, 2.05) is 0 Å². The van der Waals surface area contributed by atoms with Crippen molar-refractivity contribution in [2.45, 2.75) is 45.1 Å². The van der Waals surface area contributed by atoms with Crippen LogP contribution in [-0.4, -0.2) is 34.4 Å². The first-order chi connectivity index (χ1) is 13.9. The number of nitrogens with one attached hydrogen (secondary N) is 1. The topological polar surface area (TPSA) is 75.2 Å². The Balaban J connectivity index is 1.49. The number of nitrogens with zero attached hydrogens (tertiary/aromatic N) is 3. The normalized spacial score (nSPS) is 24.2. The summed E-state index contributed by atoms with van der Waals surface area (Å²) >= 11 is 0. The predicted octanol–water partition coefficient (Wildman–Crippen LogP) is 3.16. The summed E-state index contributed by atoms with van der Waals surface area (Å²) < 4.78 is 27.2. The zero-order valence-corrected chi connectivity index (χ0v) is 16.1. The van der Waals surface area contributed by atoms with Gasteiger partial charge in [0.05, 0.1) is 17.3 Å². The average Bonchev–Trinajstić information content (AvgIpc) is 2.97. The van der Waals surface area contributed by atoms with E-state index in [2.05, 4.69) is 15.3 Å². The Bertz CT molecular complexity index is 947. The minimum Gasteiger partial charge on any atom is -0.348 e. The summed E-state index contributed by atoms with van der Waals surface area (Å²) in [6.45, 7) is 2.17. The Kier molecular flexibility index (Phi) is 5.02. The fraction of sp³-hybridized carbons (Fsp3) is 0.429. The Labute approximate surface area is 167 Å². The molecule has 2 amide bonds. The highest BCUT2D eigenvalue weighted by Gasteiger charge is 2.49. The summed E-state index contributed by atoms with van der Waals surface area (Å²) in [6, 6.07) is 2.99. The second-order valence-electron chi connectivity index (χ2n) is 7.93. The van der Waals surface area contributed by atoms with Gasteiger partial charge in [0.25, 0.3) is 5.91 Å². The van der Waals surface area contributed by atoms with Crippen LogP contribution < -0.4 is 10.2 Å². The molecule has 2 atom stereocenters. The molecule has 1 saturated heterocycles. The molecule has 1 saturated carbocycles. The summed E-state index contributed by atoms with van der Waals surface area (Å²) in [7, 11) is 0. The van der Waals surface area contributed by atoms with E-state index in [0.717, 1.165) is 18.9 Å². The van der Waals surface area contributed by atoms with Gasteiger partial charge < -0.3 is 10.2 Å². The molecule has 0 bridgehead atoms. The van der Waals surface area contributed by atoms with Crippen molar-refractivity contribution in [1.29, 1.82) is 0 Å². The van der Waals surface area contributed by atoms with Crippen molar-refractivity contribution in [2.75, 3.05) is 11.4 Å². The van der Waals surface area contributed by atoms with E-state index < -0.39 is 17.0 Å². The number of aromatic nitrogens is 2. The molecule has 152 valence electrons. The van der Waals surface area contributed by atoms with Crippen molar-refractivity contribution >= 4 is 17.5 Å². The maximum atomic E-state index is 13.6. The fourth-order valence-electron chi connectivity index (χ4n) is 4.50. The standard InChI is InChI=1S/C21H22F2N4O2/c1-13-11-24-12-18(25-13)19(28)26-16-3-2-4-21(10-16)5-6-27(20(21)29)17-8-14(22)7-15(23)9-17/h7-9,11-12,16H,2-6,10H2,1H3,(H,26,28). The lowest BCUT2D eigenvalue weighted by Crippen LogP contribution is -2.46. The third-order valence-electron chi connectivity index (χ3n) is 5.84. The monoisotopic (exact) mass is 400 g/mol. The Morgan fingerprint density at radius 2 is 1.97 bits per heavy atom. The molecule has 1 aromatic carbocycles. The maximum absolute atomic E-state index is 13.6. The molecule has 8 heteroatoms. The minimum absolute atomic E-state index is 0.128. The number of benzene rings is 1. The fourth-order valence-corrected chi connectivity index (χ4v) is 4.50. The van der Waals surface area contributed by atoms with Crippen molar-refractivity contribution in [3.8, 4) is 0 Å². The molecule has 1 aromatic heterocycles.